The van der Waals surface area contributed by atoms with Crippen LogP contribution < -0.4 is 0 Å². The molecule has 0 radical (unpaired) electrons. The van der Waals surface area contributed by atoms with E-state index in [9.17, 15) is 4.79 Å². The Morgan fingerprint density at radius 3 is 2.85 bits per heavy atom. The van der Waals surface area contributed by atoms with E-state index >= 15 is 0 Å². The Hall–Kier alpha value is -1.45. The van der Waals surface area contributed by atoms with Crippen molar-refractivity contribution in [3.8, 4) is 0 Å². The van der Waals surface area contributed by atoms with Gasteiger partial charge < -0.3 is 9.47 Å². The summed E-state index contributed by atoms with van der Waals surface area (Å²) in [6, 6.07) is 7.81. The molecule has 1 aliphatic rings. The second-order valence-corrected chi connectivity index (χ2v) is 5.52. The Kier molecular flexibility index (Phi) is 4.73. The van der Waals surface area contributed by atoms with Gasteiger partial charge in [-0.25, -0.2) is 0 Å². The number of carbonyl (C=O) groups is 1. The minimum atomic E-state index is -0.825. The third kappa shape index (κ3) is 3.00. The lowest BCUT2D eigenvalue weighted by molar-refractivity contribution is -0.113. The van der Waals surface area contributed by atoms with Crippen LogP contribution in [0, 0.1) is 0 Å². The number of ketones is 1. The molecule has 0 N–H and O–H groups in total. The molecule has 0 heterocycles. The zero-order chi connectivity index (χ0) is 14.6. The highest BCUT2D eigenvalue weighted by molar-refractivity contribution is 6.04. The average Bonchev–Trinajstić information content (AvgIpc) is 2.55. The maximum Gasteiger partial charge on any atom is 0.195 e. The molecular formula is C17H22O3. The highest BCUT2D eigenvalue weighted by Crippen LogP contribution is 2.35. The quantitative estimate of drug-likeness (QED) is 0.468. The minimum Gasteiger partial charge on any atom is -0.359 e. The predicted octanol–water partition coefficient (Wildman–Crippen LogP) is 3.53. The monoisotopic (exact) mass is 274 g/mol. The number of rotatable bonds is 5. The first-order valence-corrected chi connectivity index (χ1v) is 6.99. The van der Waals surface area contributed by atoms with Gasteiger partial charge in [0.1, 0.15) is 12.4 Å². The van der Waals surface area contributed by atoms with Crippen molar-refractivity contribution in [1.82, 2.24) is 0 Å². The van der Waals surface area contributed by atoms with Gasteiger partial charge in [-0.05, 0) is 31.7 Å². The molecular weight excluding hydrogens is 252 g/mol. The first kappa shape index (κ1) is 14.9. The van der Waals surface area contributed by atoms with Crippen molar-refractivity contribution in [3.05, 3.63) is 47.5 Å². The maximum atomic E-state index is 13.0. The van der Waals surface area contributed by atoms with Crippen molar-refractivity contribution in [2.75, 3.05) is 13.9 Å². The normalized spacial score (nSPS) is 22.2. The maximum absolute atomic E-state index is 13.0. The van der Waals surface area contributed by atoms with Gasteiger partial charge in [0.2, 0.25) is 0 Å². The number of methoxy groups -OCH3 is 1. The third-order valence-corrected chi connectivity index (χ3v) is 3.74. The van der Waals surface area contributed by atoms with Gasteiger partial charge in [-0.2, -0.15) is 0 Å². The fourth-order valence-electron chi connectivity index (χ4n) is 2.90. The van der Waals surface area contributed by atoms with Crippen LogP contribution >= 0.6 is 0 Å². The molecule has 0 spiro atoms. The first-order chi connectivity index (χ1) is 9.59. The molecule has 0 amide bonds. The van der Waals surface area contributed by atoms with Crippen molar-refractivity contribution in [2.24, 2.45) is 0 Å². The molecule has 1 aromatic rings. The van der Waals surface area contributed by atoms with E-state index in [1.54, 1.807) is 7.11 Å². The summed E-state index contributed by atoms with van der Waals surface area (Å²) in [5.74, 6) is 0.0608. The zero-order valence-corrected chi connectivity index (χ0v) is 12.3. The van der Waals surface area contributed by atoms with Crippen LogP contribution in [0.5, 0.6) is 0 Å². The van der Waals surface area contributed by atoms with Gasteiger partial charge in [0.15, 0.2) is 5.78 Å². The summed E-state index contributed by atoms with van der Waals surface area (Å²) in [4.78, 5) is 13.0. The van der Waals surface area contributed by atoms with E-state index in [0.29, 0.717) is 12.8 Å². The van der Waals surface area contributed by atoms with Crippen LogP contribution in [0.1, 0.15) is 42.1 Å². The number of ether oxygens (including phenoxy) is 2. The second kappa shape index (κ2) is 6.33. The molecule has 0 saturated carbocycles. The highest BCUT2D eigenvalue weighted by Gasteiger charge is 2.41. The van der Waals surface area contributed by atoms with E-state index in [4.69, 9.17) is 9.47 Å². The molecule has 3 nitrogen and oxygen atoms in total. The van der Waals surface area contributed by atoms with E-state index in [-0.39, 0.29) is 12.6 Å². The lowest BCUT2D eigenvalue weighted by atomic mass is 9.85. The van der Waals surface area contributed by atoms with Crippen molar-refractivity contribution >= 4 is 5.78 Å². The Morgan fingerprint density at radius 1 is 1.40 bits per heavy atom. The summed E-state index contributed by atoms with van der Waals surface area (Å²) in [6.07, 6.45) is 3.09. The summed E-state index contributed by atoms with van der Waals surface area (Å²) in [5, 5.41) is 0. The molecule has 0 unspecified atom stereocenters. The van der Waals surface area contributed by atoms with Crippen LogP contribution in [-0.4, -0.2) is 25.3 Å². The van der Waals surface area contributed by atoms with Gasteiger partial charge in [0.05, 0.1) is 0 Å². The fourth-order valence-corrected chi connectivity index (χ4v) is 2.90. The topological polar surface area (TPSA) is 35.5 Å². The first-order valence-electron chi connectivity index (χ1n) is 6.99. The van der Waals surface area contributed by atoms with Crippen LogP contribution in [0.25, 0.3) is 0 Å². The molecule has 0 bridgehead atoms. The lowest BCUT2D eigenvalue weighted by Gasteiger charge is -2.31. The number of benzene rings is 1. The van der Waals surface area contributed by atoms with Gasteiger partial charge >= 0.3 is 0 Å². The molecule has 0 saturated heterocycles. The lowest BCUT2D eigenvalue weighted by Crippen LogP contribution is -2.42. The minimum absolute atomic E-state index is 0.0608. The summed E-state index contributed by atoms with van der Waals surface area (Å²) < 4.78 is 10.9. The van der Waals surface area contributed by atoms with E-state index < -0.39 is 5.60 Å². The molecule has 108 valence electrons. The van der Waals surface area contributed by atoms with Crippen LogP contribution in [0.4, 0.5) is 0 Å². The summed E-state index contributed by atoms with van der Waals surface area (Å²) >= 11 is 0. The fraction of sp³-hybridized carbons (Fsp3) is 0.471. The second-order valence-electron chi connectivity index (χ2n) is 5.52. The molecule has 1 aromatic carbocycles. The smallest absolute Gasteiger partial charge is 0.195 e. The van der Waals surface area contributed by atoms with Crippen LogP contribution in [-0.2, 0) is 15.9 Å². The van der Waals surface area contributed by atoms with Gasteiger partial charge in [-0.15, -0.1) is 6.58 Å². The van der Waals surface area contributed by atoms with Gasteiger partial charge in [0.25, 0.3) is 0 Å². The average molecular weight is 274 g/mol. The Balaban J connectivity index is 2.40. The van der Waals surface area contributed by atoms with E-state index in [1.807, 2.05) is 31.2 Å². The number of carbonyl (C=O) groups excluding carboxylic acids is 1. The number of aryl methyl sites for hydroxylation is 1. The van der Waals surface area contributed by atoms with E-state index in [0.717, 1.165) is 29.5 Å². The van der Waals surface area contributed by atoms with Gasteiger partial charge in [-0.3, -0.25) is 4.79 Å². The van der Waals surface area contributed by atoms with Gasteiger partial charge in [0, 0.05) is 19.1 Å². The number of hydrogen-bond donors (Lipinski definition) is 0. The molecule has 1 aliphatic carbocycles. The molecule has 0 fully saturated rings. The van der Waals surface area contributed by atoms with Crippen molar-refractivity contribution in [3.63, 3.8) is 0 Å². The largest absolute Gasteiger partial charge is 0.359 e. The van der Waals surface area contributed by atoms with Gasteiger partial charge in [-0.1, -0.05) is 29.8 Å². The Bertz CT molecular complexity index is 503. The summed E-state index contributed by atoms with van der Waals surface area (Å²) in [5.41, 5.74) is 2.02. The predicted molar refractivity (Wildman–Crippen MR) is 78.8 cm³/mol. The van der Waals surface area contributed by atoms with Crippen LogP contribution in [0.3, 0.4) is 0 Å². The Labute approximate surface area is 120 Å². The molecule has 2 rings (SSSR count). The molecule has 1 atom stereocenters. The summed E-state index contributed by atoms with van der Waals surface area (Å²) in [6.45, 7) is 6.01. The van der Waals surface area contributed by atoms with Crippen LogP contribution in [0.2, 0.25) is 0 Å². The summed E-state index contributed by atoms with van der Waals surface area (Å²) in [7, 11) is 1.57. The van der Waals surface area contributed by atoms with Crippen molar-refractivity contribution < 1.29 is 14.3 Å². The van der Waals surface area contributed by atoms with E-state index in [2.05, 4.69) is 6.58 Å². The molecule has 0 aliphatic heterocycles. The Morgan fingerprint density at radius 2 is 2.15 bits per heavy atom. The molecule has 0 aromatic heterocycles. The molecule has 3 heteroatoms. The number of fused-ring (bicyclic) bond motifs is 1. The zero-order valence-electron chi connectivity index (χ0n) is 12.3. The SMILES string of the molecule is C=C(C)C[C@@]1(OCOC)CCCc2ccccc2C1=O. The highest BCUT2D eigenvalue weighted by atomic mass is 16.7. The number of hydrogen-bond acceptors (Lipinski definition) is 3. The third-order valence-electron chi connectivity index (χ3n) is 3.74. The van der Waals surface area contributed by atoms with Crippen molar-refractivity contribution in [2.45, 2.75) is 38.2 Å². The molecule has 20 heavy (non-hydrogen) atoms. The van der Waals surface area contributed by atoms with Crippen LogP contribution in [0.15, 0.2) is 36.4 Å². The van der Waals surface area contributed by atoms with Crippen molar-refractivity contribution in [1.29, 1.82) is 0 Å². The standard InChI is InChI=1S/C17H22O3/c1-13(2)11-17(20-12-19-3)10-6-8-14-7-4-5-9-15(14)16(17)18/h4-5,7,9H,1,6,8,10-12H2,2-3H3/t17-/m0/s1. The number of Topliss-reactive ketones (excluding diaryl/α,β-unsaturated/α-hetero) is 1. The van der Waals surface area contributed by atoms with E-state index in [1.165, 1.54) is 0 Å².